The number of rotatable bonds is 0. The minimum atomic E-state index is -0.628. The number of pyridine rings is 1. The lowest BCUT2D eigenvalue weighted by atomic mass is 9.86. The van der Waals surface area contributed by atoms with E-state index in [1.807, 2.05) is 20.8 Å². The average Bonchev–Trinajstić information content (AvgIpc) is 2.24. The first-order valence-electron chi connectivity index (χ1n) is 5.46. The van der Waals surface area contributed by atoms with Gasteiger partial charge < -0.3 is 5.73 Å². The van der Waals surface area contributed by atoms with E-state index in [1.54, 1.807) is 6.07 Å². The molecular formula is C13H13Cl2FN2. The molecule has 0 saturated carbocycles. The number of nitrogen functional groups attached to an aromatic ring is 1. The molecule has 0 fully saturated rings. The number of nitrogens with zero attached hydrogens (tertiary/aromatic N) is 1. The summed E-state index contributed by atoms with van der Waals surface area (Å²) in [5.41, 5.74) is 7.06. The molecule has 5 heteroatoms. The molecule has 0 aliphatic heterocycles. The fourth-order valence-electron chi connectivity index (χ4n) is 1.84. The van der Waals surface area contributed by atoms with Gasteiger partial charge in [-0.15, -0.1) is 0 Å². The quantitative estimate of drug-likeness (QED) is 0.721. The molecule has 2 nitrogen and oxygen atoms in total. The first kappa shape index (κ1) is 13.4. The largest absolute Gasteiger partial charge is 0.383 e. The predicted molar refractivity (Wildman–Crippen MR) is 74.8 cm³/mol. The van der Waals surface area contributed by atoms with Crippen molar-refractivity contribution in [2.45, 2.75) is 26.2 Å². The highest BCUT2D eigenvalue weighted by molar-refractivity contribution is 6.38. The standard InChI is InChI=1S/C13H13Cl2FN2/c1-13(2,3)7-4-6-9(18-12(7)17)5-8(14)11(16)10(6)15/h4-5H,1-3H3,(H2,17,18). The van der Waals surface area contributed by atoms with E-state index in [1.165, 1.54) is 6.07 Å². The van der Waals surface area contributed by atoms with Crippen molar-refractivity contribution in [2.24, 2.45) is 0 Å². The van der Waals surface area contributed by atoms with Crippen molar-refractivity contribution in [3.05, 3.63) is 33.6 Å². The Morgan fingerprint density at radius 1 is 1.22 bits per heavy atom. The number of nitrogens with two attached hydrogens (primary N) is 1. The maximum atomic E-state index is 13.7. The molecule has 2 N–H and O–H groups in total. The zero-order chi connectivity index (χ0) is 13.7. The molecule has 0 aliphatic rings. The highest BCUT2D eigenvalue weighted by atomic mass is 35.5. The molecule has 0 atom stereocenters. The molecule has 96 valence electrons. The summed E-state index contributed by atoms with van der Waals surface area (Å²) in [6.07, 6.45) is 0. The van der Waals surface area contributed by atoms with Crippen LogP contribution in [0.3, 0.4) is 0 Å². The third kappa shape index (κ3) is 2.13. The smallest absolute Gasteiger partial charge is 0.161 e. The highest BCUT2D eigenvalue weighted by Crippen LogP contribution is 2.35. The van der Waals surface area contributed by atoms with E-state index in [-0.39, 0.29) is 15.5 Å². The van der Waals surface area contributed by atoms with E-state index in [0.717, 1.165) is 5.56 Å². The van der Waals surface area contributed by atoms with Crippen LogP contribution in [-0.2, 0) is 5.41 Å². The molecule has 2 aromatic rings. The molecule has 0 spiro atoms. The second-order valence-electron chi connectivity index (χ2n) is 5.22. The average molecular weight is 287 g/mol. The molecule has 18 heavy (non-hydrogen) atoms. The lowest BCUT2D eigenvalue weighted by Gasteiger charge is -2.21. The Kier molecular flexibility index (Phi) is 3.16. The van der Waals surface area contributed by atoms with Crippen LogP contribution in [-0.4, -0.2) is 4.98 Å². The lowest BCUT2D eigenvalue weighted by Crippen LogP contribution is -2.15. The molecule has 0 bridgehead atoms. The lowest BCUT2D eigenvalue weighted by molar-refractivity contribution is 0.591. The van der Waals surface area contributed by atoms with Crippen LogP contribution in [0, 0.1) is 5.82 Å². The number of benzene rings is 1. The van der Waals surface area contributed by atoms with Gasteiger partial charge in [-0.1, -0.05) is 44.0 Å². The summed E-state index contributed by atoms with van der Waals surface area (Å²) in [5, 5.41) is 0.455. The SMILES string of the molecule is CC(C)(C)c1cc2c(Cl)c(F)c(Cl)cc2nc1N. The Balaban J connectivity index is 2.86. The van der Waals surface area contributed by atoms with Gasteiger partial charge >= 0.3 is 0 Å². The first-order valence-corrected chi connectivity index (χ1v) is 6.21. The van der Waals surface area contributed by atoms with Crippen LogP contribution in [0.5, 0.6) is 0 Å². The summed E-state index contributed by atoms with van der Waals surface area (Å²) in [6.45, 7) is 6.02. The normalized spacial score (nSPS) is 12.1. The van der Waals surface area contributed by atoms with Gasteiger partial charge in [0.1, 0.15) is 5.82 Å². The van der Waals surface area contributed by atoms with Crippen molar-refractivity contribution >= 4 is 39.9 Å². The van der Waals surface area contributed by atoms with Crippen molar-refractivity contribution in [3.8, 4) is 0 Å². The van der Waals surface area contributed by atoms with Crippen molar-refractivity contribution in [1.82, 2.24) is 4.98 Å². The van der Waals surface area contributed by atoms with Gasteiger partial charge in [-0.05, 0) is 17.5 Å². The third-order valence-corrected chi connectivity index (χ3v) is 3.44. The summed E-state index contributed by atoms with van der Waals surface area (Å²) < 4.78 is 13.7. The first-order chi connectivity index (χ1) is 8.21. The Morgan fingerprint density at radius 3 is 2.39 bits per heavy atom. The Labute approximate surface area is 115 Å². The van der Waals surface area contributed by atoms with Crippen LogP contribution < -0.4 is 5.73 Å². The zero-order valence-corrected chi connectivity index (χ0v) is 11.8. The molecule has 1 aromatic carbocycles. The number of halogens is 3. The van der Waals surface area contributed by atoms with Gasteiger partial charge in [0, 0.05) is 10.9 Å². The molecule has 1 heterocycles. The Hall–Kier alpha value is -1.06. The van der Waals surface area contributed by atoms with E-state index < -0.39 is 5.82 Å². The van der Waals surface area contributed by atoms with Crippen LogP contribution in [0.2, 0.25) is 10.0 Å². The van der Waals surface area contributed by atoms with Gasteiger partial charge in [0.2, 0.25) is 0 Å². The summed E-state index contributed by atoms with van der Waals surface area (Å²) >= 11 is 11.7. The topological polar surface area (TPSA) is 38.9 Å². The van der Waals surface area contributed by atoms with Crippen molar-refractivity contribution in [2.75, 3.05) is 5.73 Å². The third-order valence-electron chi connectivity index (χ3n) is 2.79. The number of anilines is 1. The fourth-order valence-corrected chi connectivity index (χ4v) is 2.33. The van der Waals surface area contributed by atoms with Gasteiger partial charge in [0.25, 0.3) is 0 Å². The second kappa shape index (κ2) is 4.25. The fraction of sp³-hybridized carbons (Fsp3) is 0.308. The van der Waals surface area contributed by atoms with Gasteiger partial charge in [-0.2, -0.15) is 0 Å². The molecule has 0 amide bonds. The molecule has 0 saturated heterocycles. The number of aromatic nitrogens is 1. The summed E-state index contributed by atoms with van der Waals surface area (Å²) in [6, 6.07) is 3.21. The van der Waals surface area contributed by atoms with E-state index in [0.29, 0.717) is 16.7 Å². The second-order valence-corrected chi connectivity index (χ2v) is 6.01. The molecular weight excluding hydrogens is 274 g/mol. The minimum Gasteiger partial charge on any atom is -0.383 e. The van der Waals surface area contributed by atoms with Gasteiger partial charge in [0.05, 0.1) is 15.6 Å². The zero-order valence-electron chi connectivity index (χ0n) is 10.3. The van der Waals surface area contributed by atoms with Crippen LogP contribution in [0.25, 0.3) is 10.9 Å². The summed E-state index contributed by atoms with van der Waals surface area (Å²) in [7, 11) is 0. The van der Waals surface area contributed by atoms with Crippen LogP contribution in [0.15, 0.2) is 12.1 Å². The van der Waals surface area contributed by atoms with Gasteiger partial charge in [-0.3, -0.25) is 0 Å². The molecule has 0 aliphatic carbocycles. The number of hydrogen-bond acceptors (Lipinski definition) is 2. The molecule has 1 aromatic heterocycles. The highest BCUT2D eigenvalue weighted by Gasteiger charge is 2.21. The Bertz CT molecular complexity index is 633. The van der Waals surface area contributed by atoms with Crippen molar-refractivity contribution in [1.29, 1.82) is 0 Å². The number of hydrogen-bond donors (Lipinski definition) is 1. The van der Waals surface area contributed by atoms with Crippen LogP contribution in [0.4, 0.5) is 10.2 Å². The number of fused-ring (bicyclic) bond motifs is 1. The molecule has 0 radical (unpaired) electrons. The summed E-state index contributed by atoms with van der Waals surface area (Å²) in [4.78, 5) is 4.25. The van der Waals surface area contributed by atoms with Crippen LogP contribution in [0.1, 0.15) is 26.3 Å². The molecule has 0 unspecified atom stereocenters. The van der Waals surface area contributed by atoms with E-state index in [2.05, 4.69) is 4.98 Å². The maximum Gasteiger partial charge on any atom is 0.161 e. The van der Waals surface area contributed by atoms with Crippen molar-refractivity contribution < 1.29 is 4.39 Å². The predicted octanol–water partition coefficient (Wildman–Crippen LogP) is 4.56. The van der Waals surface area contributed by atoms with Gasteiger partial charge in [0.15, 0.2) is 5.82 Å². The van der Waals surface area contributed by atoms with Crippen LogP contribution >= 0.6 is 23.2 Å². The van der Waals surface area contributed by atoms with E-state index in [4.69, 9.17) is 28.9 Å². The van der Waals surface area contributed by atoms with E-state index in [9.17, 15) is 4.39 Å². The molecule has 2 rings (SSSR count). The van der Waals surface area contributed by atoms with Crippen molar-refractivity contribution in [3.63, 3.8) is 0 Å². The Morgan fingerprint density at radius 2 is 1.83 bits per heavy atom. The van der Waals surface area contributed by atoms with Gasteiger partial charge in [-0.25, -0.2) is 9.37 Å². The minimum absolute atomic E-state index is 0.0181. The maximum absolute atomic E-state index is 13.7. The van der Waals surface area contributed by atoms with E-state index >= 15 is 0 Å². The summed E-state index contributed by atoms with van der Waals surface area (Å²) in [5.74, 6) is -0.217. The monoisotopic (exact) mass is 286 g/mol.